The SMILES string of the molecule is CCc1nn(C(Oc2ccc(Cl)cc2Cl)C(=O)C(C)(C)C)c(CC)[n+]1N. The average Bonchev–Trinajstić information content (AvgIpc) is 2.88. The molecule has 1 atom stereocenters. The van der Waals surface area contributed by atoms with E-state index >= 15 is 0 Å². The van der Waals surface area contributed by atoms with Crippen molar-refractivity contribution in [1.29, 1.82) is 0 Å². The summed E-state index contributed by atoms with van der Waals surface area (Å²) < 4.78 is 9.08. The lowest BCUT2D eigenvalue weighted by atomic mass is 9.89. The topological polar surface area (TPSA) is 74.0 Å². The van der Waals surface area contributed by atoms with Gasteiger partial charge in [0.15, 0.2) is 0 Å². The lowest BCUT2D eigenvalue weighted by molar-refractivity contribution is -0.655. The van der Waals surface area contributed by atoms with Gasteiger partial charge < -0.3 is 4.74 Å². The van der Waals surface area contributed by atoms with E-state index in [0.717, 1.165) is 0 Å². The monoisotopic (exact) mass is 399 g/mol. The Hall–Kier alpha value is -1.79. The van der Waals surface area contributed by atoms with Gasteiger partial charge in [0.2, 0.25) is 5.78 Å². The van der Waals surface area contributed by atoms with Crippen LogP contribution in [0.3, 0.4) is 0 Å². The van der Waals surface area contributed by atoms with Crippen LogP contribution in [0.5, 0.6) is 5.75 Å². The van der Waals surface area contributed by atoms with Crippen LogP contribution in [-0.4, -0.2) is 15.6 Å². The van der Waals surface area contributed by atoms with Crippen molar-refractivity contribution in [3.63, 3.8) is 0 Å². The Kier molecular flexibility index (Phi) is 6.19. The average molecular weight is 400 g/mol. The summed E-state index contributed by atoms with van der Waals surface area (Å²) in [6, 6.07) is 4.87. The first-order valence-electron chi connectivity index (χ1n) is 8.53. The number of nitrogens with zero attached hydrogens (tertiary/aromatic N) is 3. The van der Waals surface area contributed by atoms with Crippen LogP contribution in [0.1, 0.15) is 52.5 Å². The third kappa shape index (κ3) is 4.13. The second kappa shape index (κ2) is 7.84. The molecule has 1 aromatic heterocycles. The molecule has 142 valence electrons. The molecule has 2 aromatic rings. The summed E-state index contributed by atoms with van der Waals surface area (Å²) in [5.41, 5.74) is -0.646. The first-order valence-corrected chi connectivity index (χ1v) is 9.29. The molecule has 0 aliphatic rings. The molecule has 1 unspecified atom stereocenters. The van der Waals surface area contributed by atoms with Gasteiger partial charge in [-0.1, -0.05) is 62.5 Å². The number of hydrogen-bond donors (Lipinski definition) is 1. The number of carbonyl (C=O) groups excluding carboxylic acids is 1. The van der Waals surface area contributed by atoms with Crippen LogP contribution < -0.4 is 15.3 Å². The second-order valence-corrected chi connectivity index (χ2v) is 7.86. The van der Waals surface area contributed by atoms with Gasteiger partial charge in [-0.3, -0.25) is 10.6 Å². The van der Waals surface area contributed by atoms with Gasteiger partial charge in [0.25, 0.3) is 11.6 Å². The van der Waals surface area contributed by atoms with E-state index in [1.54, 1.807) is 22.9 Å². The smallest absolute Gasteiger partial charge is 0.312 e. The van der Waals surface area contributed by atoms with Gasteiger partial charge in [0.05, 0.1) is 5.02 Å². The highest BCUT2D eigenvalue weighted by atomic mass is 35.5. The zero-order chi connectivity index (χ0) is 19.6. The van der Waals surface area contributed by atoms with Crippen LogP contribution in [0.2, 0.25) is 10.0 Å². The zero-order valence-electron chi connectivity index (χ0n) is 15.7. The molecule has 8 heteroatoms. The second-order valence-electron chi connectivity index (χ2n) is 7.01. The van der Waals surface area contributed by atoms with Crippen LogP contribution >= 0.6 is 23.2 Å². The van der Waals surface area contributed by atoms with Crippen molar-refractivity contribution in [1.82, 2.24) is 9.78 Å². The molecule has 0 bridgehead atoms. The normalized spacial score (nSPS) is 12.9. The van der Waals surface area contributed by atoms with Crippen LogP contribution in [0.4, 0.5) is 0 Å². The minimum atomic E-state index is -0.987. The third-order valence-corrected chi connectivity index (χ3v) is 4.52. The summed E-state index contributed by atoms with van der Waals surface area (Å²) in [5.74, 6) is 7.72. The van der Waals surface area contributed by atoms with Crippen molar-refractivity contribution >= 4 is 29.0 Å². The summed E-state index contributed by atoms with van der Waals surface area (Å²) in [6.45, 7) is 9.40. The van der Waals surface area contributed by atoms with Gasteiger partial charge in [0, 0.05) is 28.4 Å². The summed E-state index contributed by atoms with van der Waals surface area (Å²) >= 11 is 12.2. The Morgan fingerprint density at radius 3 is 2.46 bits per heavy atom. The summed E-state index contributed by atoms with van der Waals surface area (Å²) in [4.78, 5) is 13.1. The van der Waals surface area contributed by atoms with Crippen molar-refractivity contribution in [3.05, 3.63) is 39.9 Å². The number of ketones is 1. The molecule has 2 rings (SSSR count). The van der Waals surface area contributed by atoms with Crippen molar-refractivity contribution in [2.75, 3.05) is 5.84 Å². The lowest BCUT2D eigenvalue weighted by Gasteiger charge is -2.23. The van der Waals surface area contributed by atoms with Crippen molar-refractivity contribution in [2.24, 2.45) is 5.41 Å². The van der Waals surface area contributed by atoms with Crippen LogP contribution in [0.15, 0.2) is 18.2 Å². The quantitative estimate of drug-likeness (QED) is 0.595. The number of carbonyl (C=O) groups is 1. The molecule has 0 fully saturated rings. The molecule has 0 aliphatic carbocycles. The standard InChI is InChI=1S/C18H25Cl2N4O2/c1-6-14-22-24(15(7-2)23(14)21)17(16(25)18(3,4)5)26-13-9-8-11(19)10-12(13)20/h8-10,17H,6-7,21H2,1-5H3/q+1. The highest BCUT2D eigenvalue weighted by molar-refractivity contribution is 6.35. The molecule has 0 radical (unpaired) electrons. The summed E-state index contributed by atoms with van der Waals surface area (Å²) in [7, 11) is 0. The molecule has 0 aliphatic heterocycles. The van der Waals surface area contributed by atoms with Crippen molar-refractivity contribution in [2.45, 2.75) is 53.7 Å². The van der Waals surface area contributed by atoms with Gasteiger partial charge in [-0.15, -0.1) is 4.68 Å². The molecule has 26 heavy (non-hydrogen) atoms. The third-order valence-electron chi connectivity index (χ3n) is 3.99. The van der Waals surface area contributed by atoms with E-state index < -0.39 is 11.6 Å². The fourth-order valence-corrected chi connectivity index (χ4v) is 2.98. The van der Waals surface area contributed by atoms with E-state index in [1.165, 1.54) is 4.68 Å². The van der Waals surface area contributed by atoms with E-state index in [9.17, 15) is 4.79 Å². The number of hydrogen-bond acceptors (Lipinski definition) is 4. The first-order chi connectivity index (χ1) is 12.1. The summed E-state index contributed by atoms with van der Waals surface area (Å²) in [6.07, 6.45) is 0.239. The highest BCUT2D eigenvalue weighted by Gasteiger charge is 2.40. The minimum Gasteiger partial charge on any atom is -0.447 e. The molecule has 0 amide bonds. The van der Waals surface area contributed by atoms with E-state index in [-0.39, 0.29) is 5.78 Å². The number of benzene rings is 1. The maximum Gasteiger partial charge on any atom is 0.312 e. The Balaban J connectivity index is 2.57. The molecule has 6 nitrogen and oxygen atoms in total. The van der Waals surface area contributed by atoms with Gasteiger partial charge in [-0.05, 0) is 18.2 Å². The van der Waals surface area contributed by atoms with Gasteiger partial charge in [-0.2, -0.15) is 0 Å². The molecule has 0 saturated heterocycles. The fourth-order valence-electron chi connectivity index (χ4n) is 2.53. The van der Waals surface area contributed by atoms with E-state index in [4.69, 9.17) is 33.8 Å². The van der Waals surface area contributed by atoms with Gasteiger partial charge in [-0.25, -0.2) is 0 Å². The van der Waals surface area contributed by atoms with Crippen LogP contribution in [0, 0.1) is 5.41 Å². The number of aryl methyl sites for hydroxylation is 1. The molecule has 2 N–H and O–H groups in total. The zero-order valence-corrected chi connectivity index (χ0v) is 17.2. The number of nitrogen functional groups attached to an aromatic ring is 1. The number of Topliss-reactive ketones (excluding diaryl/α,β-unsaturated/α-hetero) is 1. The number of ether oxygens (including phenoxy) is 1. The Bertz CT molecular complexity index is 812. The predicted molar refractivity (Wildman–Crippen MR) is 102 cm³/mol. The Morgan fingerprint density at radius 2 is 1.96 bits per heavy atom. The minimum absolute atomic E-state index is 0.135. The number of rotatable bonds is 6. The van der Waals surface area contributed by atoms with Crippen molar-refractivity contribution < 1.29 is 14.2 Å². The van der Waals surface area contributed by atoms with E-state index in [2.05, 4.69) is 5.10 Å². The Labute approximate surface area is 163 Å². The molecular formula is C18H25Cl2N4O2+. The number of aromatic nitrogens is 3. The first kappa shape index (κ1) is 20.5. The van der Waals surface area contributed by atoms with Gasteiger partial charge in [0.1, 0.15) is 5.75 Å². The molecule has 0 spiro atoms. The molecule has 1 heterocycles. The maximum atomic E-state index is 13.1. The molecule has 1 aromatic carbocycles. The Morgan fingerprint density at radius 1 is 1.31 bits per heavy atom. The summed E-state index contributed by atoms with van der Waals surface area (Å²) in [5, 5.41) is 5.33. The fraction of sp³-hybridized carbons (Fsp3) is 0.500. The van der Waals surface area contributed by atoms with Gasteiger partial charge >= 0.3 is 6.23 Å². The number of nitrogens with two attached hydrogens (primary N) is 1. The van der Waals surface area contributed by atoms with E-state index in [0.29, 0.717) is 40.3 Å². The molecule has 0 saturated carbocycles. The molecular weight excluding hydrogens is 375 g/mol. The van der Waals surface area contributed by atoms with Crippen molar-refractivity contribution in [3.8, 4) is 5.75 Å². The van der Waals surface area contributed by atoms with E-state index in [1.807, 2.05) is 34.6 Å². The van der Waals surface area contributed by atoms with Crippen LogP contribution in [0.25, 0.3) is 0 Å². The highest BCUT2D eigenvalue weighted by Crippen LogP contribution is 2.32. The number of halogens is 2. The maximum absolute atomic E-state index is 13.1. The largest absolute Gasteiger partial charge is 0.447 e. The predicted octanol–water partition coefficient (Wildman–Crippen LogP) is 3.51. The lowest BCUT2D eigenvalue weighted by Crippen LogP contribution is -2.50. The van der Waals surface area contributed by atoms with Crippen LogP contribution in [-0.2, 0) is 17.6 Å².